The molecule has 2 aromatic rings. The first kappa shape index (κ1) is 15.1. The first-order valence-corrected chi connectivity index (χ1v) is 7.91. The van der Waals surface area contributed by atoms with Gasteiger partial charge in [0.2, 0.25) is 0 Å². The van der Waals surface area contributed by atoms with Crippen LogP contribution in [0.3, 0.4) is 0 Å². The smallest absolute Gasteiger partial charge is 0.255 e. The molecule has 0 saturated heterocycles. The van der Waals surface area contributed by atoms with Gasteiger partial charge in [0.15, 0.2) is 0 Å². The lowest BCUT2D eigenvalue weighted by molar-refractivity contribution is 0.102. The summed E-state index contributed by atoms with van der Waals surface area (Å²) in [5.74, 6) is -0.126. The van der Waals surface area contributed by atoms with Crippen molar-refractivity contribution in [3.8, 4) is 0 Å². The number of hydrogen-bond donors (Lipinski definition) is 1. The highest BCUT2D eigenvalue weighted by Crippen LogP contribution is 2.15. The van der Waals surface area contributed by atoms with Crippen molar-refractivity contribution in [2.45, 2.75) is 12.8 Å². The van der Waals surface area contributed by atoms with E-state index in [-0.39, 0.29) is 5.91 Å². The Bertz CT molecular complexity index is 583. The summed E-state index contributed by atoms with van der Waals surface area (Å²) in [7, 11) is 0. The van der Waals surface area contributed by atoms with Crippen LogP contribution in [0.2, 0.25) is 5.02 Å². The molecule has 0 unspecified atom stereocenters. The van der Waals surface area contributed by atoms with Crippen LogP contribution in [0, 0.1) is 0 Å². The number of hydrogen-bond acceptors (Lipinski definition) is 1. The molecule has 0 aromatic heterocycles. The molecular weight excluding hydrogens is 338 g/mol. The molecule has 0 spiro atoms. The van der Waals surface area contributed by atoms with Gasteiger partial charge < -0.3 is 5.32 Å². The number of aryl methyl sites for hydroxylation is 1. The third-order valence-corrected chi connectivity index (χ3v) is 3.70. The van der Waals surface area contributed by atoms with Crippen molar-refractivity contribution in [1.29, 1.82) is 0 Å². The molecule has 2 aromatic carbocycles. The van der Waals surface area contributed by atoms with Crippen molar-refractivity contribution in [1.82, 2.24) is 0 Å². The van der Waals surface area contributed by atoms with Crippen LogP contribution in [0.1, 0.15) is 22.3 Å². The molecule has 0 radical (unpaired) electrons. The molecule has 0 heterocycles. The van der Waals surface area contributed by atoms with Gasteiger partial charge in [0.25, 0.3) is 5.91 Å². The lowest BCUT2D eigenvalue weighted by Crippen LogP contribution is -2.11. The van der Waals surface area contributed by atoms with E-state index in [2.05, 4.69) is 27.3 Å². The minimum Gasteiger partial charge on any atom is -0.322 e. The Labute approximate surface area is 132 Å². The minimum atomic E-state index is -0.126. The highest BCUT2D eigenvalue weighted by atomic mass is 79.9. The van der Waals surface area contributed by atoms with Gasteiger partial charge in [-0.25, -0.2) is 0 Å². The number of amides is 1. The summed E-state index contributed by atoms with van der Waals surface area (Å²) in [5.41, 5.74) is 2.63. The summed E-state index contributed by atoms with van der Waals surface area (Å²) < 4.78 is 0. The topological polar surface area (TPSA) is 29.1 Å². The molecule has 20 heavy (non-hydrogen) atoms. The number of halogens is 2. The maximum atomic E-state index is 12.1. The van der Waals surface area contributed by atoms with E-state index >= 15 is 0 Å². The third kappa shape index (κ3) is 4.36. The van der Waals surface area contributed by atoms with Crippen LogP contribution in [0.5, 0.6) is 0 Å². The van der Waals surface area contributed by atoms with Gasteiger partial charge >= 0.3 is 0 Å². The molecule has 0 fully saturated rings. The number of anilines is 1. The van der Waals surface area contributed by atoms with E-state index in [1.165, 1.54) is 5.56 Å². The predicted molar refractivity (Wildman–Crippen MR) is 88.0 cm³/mol. The quantitative estimate of drug-likeness (QED) is 0.760. The van der Waals surface area contributed by atoms with Crippen LogP contribution in [0.15, 0.2) is 48.5 Å². The minimum absolute atomic E-state index is 0.126. The van der Waals surface area contributed by atoms with Gasteiger partial charge in [-0.05, 0) is 54.8 Å². The van der Waals surface area contributed by atoms with Gasteiger partial charge in [-0.2, -0.15) is 0 Å². The average molecular weight is 353 g/mol. The standard InChI is InChI=1S/C16H15BrClNO/c17-10-2-4-12-3-1-5-15(11-12)19-16(20)13-6-8-14(18)9-7-13/h1,3,5-9,11H,2,4,10H2,(H,19,20). The van der Waals surface area contributed by atoms with E-state index in [9.17, 15) is 4.79 Å². The largest absolute Gasteiger partial charge is 0.322 e. The molecule has 0 saturated carbocycles. The Morgan fingerprint density at radius 1 is 1.15 bits per heavy atom. The van der Waals surface area contributed by atoms with Crippen LogP contribution >= 0.6 is 27.5 Å². The zero-order valence-electron chi connectivity index (χ0n) is 10.9. The molecule has 0 aliphatic heterocycles. The van der Waals surface area contributed by atoms with E-state index in [4.69, 9.17) is 11.6 Å². The monoisotopic (exact) mass is 351 g/mol. The molecule has 0 atom stereocenters. The van der Waals surface area contributed by atoms with Gasteiger partial charge in [0.1, 0.15) is 0 Å². The lowest BCUT2D eigenvalue weighted by atomic mass is 10.1. The highest BCUT2D eigenvalue weighted by molar-refractivity contribution is 9.09. The van der Waals surface area contributed by atoms with Crippen LogP contribution in [0.25, 0.3) is 0 Å². The number of alkyl halides is 1. The van der Waals surface area contributed by atoms with E-state index in [0.29, 0.717) is 10.6 Å². The first-order valence-electron chi connectivity index (χ1n) is 6.41. The van der Waals surface area contributed by atoms with Crippen molar-refractivity contribution >= 4 is 39.1 Å². The van der Waals surface area contributed by atoms with E-state index in [1.807, 2.05) is 18.2 Å². The Hall–Kier alpha value is -1.32. The lowest BCUT2D eigenvalue weighted by Gasteiger charge is -2.07. The maximum Gasteiger partial charge on any atom is 0.255 e. The highest BCUT2D eigenvalue weighted by Gasteiger charge is 2.06. The van der Waals surface area contributed by atoms with Crippen LogP contribution in [0.4, 0.5) is 5.69 Å². The van der Waals surface area contributed by atoms with Crippen molar-refractivity contribution in [2.24, 2.45) is 0 Å². The zero-order valence-corrected chi connectivity index (χ0v) is 13.2. The molecule has 1 amide bonds. The molecular formula is C16H15BrClNO. The molecule has 2 nitrogen and oxygen atoms in total. The summed E-state index contributed by atoms with van der Waals surface area (Å²) in [6.07, 6.45) is 2.07. The Kier molecular flexibility index (Phi) is 5.62. The summed E-state index contributed by atoms with van der Waals surface area (Å²) in [5, 5.41) is 4.50. The van der Waals surface area contributed by atoms with E-state index in [1.54, 1.807) is 24.3 Å². The number of nitrogens with one attached hydrogen (secondary N) is 1. The maximum absolute atomic E-state index is 12.1. The number of benzene rings is 2. The third-order valence-electron chi connectivity index (χ3n) is 2.89. The van der Waals surface area contributed by atoms with Crippen LogP contribution < -0.4 is 5.32 Å². The second kappa shape index (κ2) is 7.46. The Morgan fingerprint density at radius 2 is 1.90 bits per heavy atom. The average Bonchev–Trinajstić information content (AvgIpc) is 2.46. The number of carbonyl (C=O) groups excluding carboxylic acids is 1. The van der Waals surface area contributed by atoms with Crippen molar-refractivity contribution in [3.63, 3.8) is 0 Å². The molecule has 0 aliphatic rings. The number of rotatable bonds is 5. The van der Waals surface area contributed by atoms with Gasteiger partial charge in [-0.15, -0.1) is 0 Å². The molecule has 4 heteroatoms. The predicted octanol–water partition coefficient (Wildman–Crippen LogP) is 4.92. The molecule has 2 rings (SSSR count). The van der Waals surface area contributed by atoms with Gasteiger partial charge in [0.05, 0.1) is 0 Å². The fraction of sp³-hybridized carbons (Fsp3) is 0.188. The van der Waals surface area contributed by atoms with Crippen molar-refractivity contribution in [3.05, 3.63) is 64.7 Å². The van der Waals surface area contributed by atoms with Crippen molar-refractivity contribution in [2.75, 3.05) is 10.6 Å². The number of carbonyl (C=O) groups is 1. The SMILES string of the molecule is O=C(Nc1cccc(CCCBr)c1)c1ccc(Cl)cc1. The fourth-order valence-electron chi connectivity index (χ4n) is 1.88. The Balaban J connectivity index is 2.05. The molecule has 1 N–H and O–H groups in total. The Morgan fingerprint density at radius 3 is 2.60 bits per heavy atom. The normalized spacial score (nSPS) is 10.3. The summed E-state index contributed by atoms with van der Waals surface area (Å²) >= 11 is 9.23. The van der Waals surface area contributed by atoms with Gasteiger partial charge in [0, 0.05) is 21.6 Å². The van der Waals surface area contributed by atoms with E-state index in [0.717, 1.165) is 23.9 Å². The van der Waals surface area contributed by atoms with Gasteiger partial charge in [-0.3, -0.25) is 4.79 Å². The van der Waals surface area contributed by atoms with Gasteiger partial charge in [-0.1, -0.05) is 39.7 Å². The van der Waals surface area contributed by atoms with Crippen molar-refractivity contribution < 1.29 is 4.79 Å². The second-order valence-electron chi connectivity index (χ2n) is 4.45. The van der Waals surface area contributed by atoms with E-state index < -0.39 is 0 Å². The second-order valence-corrected chi connectivity index (χ2v) is 5.68. The molecule has 0 aliphatic carbocycles. The summed E-state index contributed by atoms with van der Waals surface area (Å²) in [4.78, 5) is 12.1. The zero-order chi connectivity index (χ0) is 14.4. The fourth-order valence-corrected chi connectivity index (χ4v) is 2.29. The summed E-state index contributed by atoms with van der Waals surface area (Å²) in [6.45, 7) is 0. The summed E-state index contributed by atoms with van der Waals surface area (Å²) in [6, 6.07) is 14.8. The molecule has 104 valence electrons. The first-order chi connectivity index (χ1) is 9.69. The van der Waals surface area contributed by atoms with Crippen LogP contribution in [-0.4, -0.2) is 11.2 Å². The molecule has 0 bridgehead atoms. The van der Waals surface area contributed by atoms with Crippen LogP contribution in [-0.2, 0) is 6.42 Å².